The SMILES string of the molecule is COC(=O)[C@@H](Cc1cccc2ccccc12)NC(=O)C(c1ccccc1)c1ccccc1. The normalized spacial score (nSPS) is 11.8. The Kier molecular flexibility index (Phi) is 6.61. The van der Waals surface area contributed by atoms with Gasteiger partial charge in [-0.25, -0.2) is 4.79 Å². The number of fused-ring (bicyclic) bond motifs is 1. The number of hydrogen-bond donors (Lipinski definition) is 1. The fourth-order valence-corrected chi connectivity index (χ4v) is 4.07. The van der Waals surface area contributed by atoms with Crippen LogP contribution in [-0.2, 0) is 20.7 Å². The summed E-state index contributed by atoms with van der Waals surface area (Å²) in [6.45, 7) is 0. The van der Waals surface area contributed by atoms with Crippen molar-refractivity contribution in [1.29, 1.82) is 0 Å². The highest BCUT2D eigenvalue weighted by Gasteiger charge is 2.28. The molecule has 0 aromatic heterocycles. The fourth-order valence-electron chi connectivity index (χ4n) is 4.07. The van der Waals surface area contributed by atoms with Crippen molar-refractivity contribution in [3.8, 4) is 0 Å². The molecule has 0 heterocycles. The van der Waals surface area contributed by atoms with Crippen molar-refractivity contribution in [2.24, 2.45) is 0 Å². The summed E-state index contributed by atoms with van der Waals surface area (Å²) in [4.78, 5) is 26.2. The lowest BCUT2D eigenvalue weighted by Gasteiger charge is -2.22. The van der Waals surface area contributed by atoms with E-state index in [1.165, 1.54) is 7.11 Å². The zero-order valence-corrected chi connectivity index (χ0v) is 17.9. The Labute approximate surface area is 187 Å². The Bertz CT molecular complexity index is 1160. The highest BCUT2D eigenvalue weighted by atomic mass is 16.5. The van der Waals surface area contributed by atoms with Gasteiger partial charge in [-0.05, 0) is 27.5 Å². The van der Waals surface area contributed by atoms with Gasteiger partial charge in [-0.3, -0.25) is 4.79 Å². The first-order valence-corrected chi connectivity index (χ1v) is 10.6. The largest absolute Gasteiger partial charge is 0.467 e. The Morgan fingerprint density at radius 1 is 0.750 bits per heavy atom. The van der Waals surface area contributed by atoms with Gasteiger partial charge >= 0.3 is 5.97 Å². The summed E-state index contributed by atoms with van der Waals surface area (Å²) in [6, 6.07) is 32.4. The molecule has 4 aromatic rings. The van der Waals surface area contributed by atoms with E-state index in [4.69, 9.17) is 4.74 Å². The lowest BCUT2D eigenvalue weighted by molar-refractivity contribution is -0.145. The van der Waals surface area contributed by atoms with Crippen LogP contribution in [0.5, 0.6) is 0 Å². The zero-order valence-electron chi connectivity index (χ0n) is 17.9. The number of methoxy groups -OCH3 is 1. The lowest BCUT2D eigenvalue weighted by atomic mass is 9.90. The van der Waals surface area contributed by atoms with Crippen LogP contribution in [-0.4, -0.2) is 25.0 Å². The molecule has 1 N–H and O–H groups in total. The molecule has 1 amide bonds. The molecule has 0 bridgehead atoms. The fraction of sp³-hybridized carbons (Fsp3) is 0.143. The van der Waals surface area contributed by atoms with Crippen molar-refractivity contribution in [1.82, 2.24) is 5.32 Å². The molecule has 0 aliphatic heterocycles. The summed E-state index contributed by atoms with van der Waals surface area (Å²) in [6.07, 6.45) is 0.343. The average molecular weight is 424 g/mol. The average Bonchev–Trinajstić information content (AvgIpc) is 2.85. The number of carbonyl (C=O) groups is 2. The minimum absolute atomic E-state index is 0.238. The predicted molar refractivity (Wildman–Crippen MR) is 126 cm³/mol. The van der Waals surface area contributed by atoms with Gasteiger partial charge in [0.2, 0.25) is 5.91 Å². The second-order valence-electron chi connectivity index (χ2n) is 7.68. The van der Waals surface area contributed by atoms with E-state index in [2.05, 4.69) is 5.32 Å². The van der Waals surface area contributed by atoms with E-state index in [0.717, 1.165) is 27.5 Å². The molecule has 0 aliphatic carbocycles. The Morgan fingerprint density at radius 3 is 1.94 bits per heavy atom. The zero-order chi connectivity index (χ0) is 22.3. The summed E-state index contributed by atoms with van der Waals surface area (Å²) < 4.78 is 5.04. The Morgan fingerprint density at radius 2 is 1.31 bits per heavy atom. The third kappa shape index (κ3) is 4.70. The molecule has 1 atom stereocenters. The quantitative estimate of drug-likeness (QED) is 0.432. The molecule has 0 unspecified atom stereocenters. The van der Waals surface area contributed by atoms with Crippen LogP contribution < -0.4 is 5.32 Å². The first-order chi connectivity index (χ1) is 15.7. The number of hydrogen-bond acceptors (Lipinski definition) is 3. The number of rotatable bonds is 7. The van der Waals surface area contributed by atoms with E-state index in [9.17, 15) is 9.59 Å². The van der Waals surface area contributed by atoms with Crippen molar-refractivity contribution >= 4 is 22.6 Å². The maximum Gasteiger partial charge on any atom is 0.328 e. The van der Waals surface area contributed by atoms with Crippen LogP contribution >= 0.6 is 0 Å². The molecule has 4 heteroatoms. The number of benzene rings is 4. The van der Waals surface area contributed by atoms with E-state index in [1.54, 1.807) is 0 Å². The lowest BCUT2D eigenvalue weighted by Crippen LogP contribution is -2.45. The van der Waals surface area contributed by atoms with Gasteiger partial charge in [0.25, 0.3) is 0 Å². The smallest absolute Gasteiger partial charge is 0.328 e. The van der Waals surface area contributed by atoms with Gasteiger partial charge in [0.1, 0.15) is 6.04 Å². The molecule has 4 aromatic carbocycles. The monoisotopic (exact) mass is 423 g/mol. The minimum Gasteiger partial charge on any atom is -0.467 e. The molecule has 160 valence electrons. The van der Waals surface area contributed by atoms with Crippen molar-refractivity contribution in [3.63, 3.8) is 0 Å². The molecule has 0 aliphatic rings. The van der Waals surface area contributed by atoms with Gasteiger partial charge in [0.05, 0.1) is 13.0 Å². The molecule has 4 nitrogen and oxygen atoms in total. The number of esters is 1. The van der Waals surface area contributed by atoms with Crippen LogP contribution in [0.4, 0.5) is 0 Å². The summed E-state index contributed by atoms with van der Waals surface area (Å²) in [5.74, 6) is -1.23. The van der Waals surface area contributed by atoms with E-state index in [0.29, 0.717) is 6.42 Å². The standard InChI is InChI=1S/C28H25NO3/c1-32-28(31)25(19-23-17-10-16-20-11-8-9-18-24(20)23)29-27(30)26(21-12-4-2-5-13-21)22-14-6-3-7-15-22/h2-18,25-26H,19H2,1H3,(H,29,30)/t25-/m1/s1. The molecular formula is C28H25NO3. The number of carbonyl (C=O) groups excluding carboxylic acids is 2. The van der Waals surface area contributed by atoms with E-state index in [1.807, 2.05) is 103 Å². The topological polar surface area (TPSA) is 55.4 Å². The van der Waals surface area contributed by atoms with Crippen molar-refractivity contribution in [3.05, 3.63) is 120 Å². The first-order valence-electron chi connectivity index (χ1n) is 10.6. The summed E-state index contributed by atoms with van der Waals surface area (Å²) in [7, 11) is 1.34. The third-order valence-electron chi connectivity index (χ3n) is 5.63. The second kappa shape index (κ2) is 9.92. The molecule has 0 fully saturated rings. The molecule has 32 heavy (non-hydrogen) atoms. The summed E-state index contributed by atoms with van der Waals surface area (Å²) in [5, 5.41) is 5.11. The third-order valence-corrected chi connectivity index (χ3v) is 5.63. The molecule has 0 saturated heterocycles. The predicted octanol–water partition coefficient (Wildman–Crippen LogP) is 4.87. The van der Waals surface area contributed by atoms with Crippen LogP contribution in [0.1, 0.15) is 22.6 Å². The Hall–Kier alpha value is -3.92. The Balaban J connectivity index is 1.65. The molecular weight excluding hydrogens is 398 g/mol. The number of amides is 1. The van der Waals surface area contributed by atoms with Crippen LogP contribution in [0.25, 0.3) is 10.8 Å². The molecule has 0 saturated carbocycles. The first kappa shape index (κ1) is 21.3. The van der Waals surface area contributed by atoms with Gasteiger partial charge < -0.3 is 10.1 Å². The van der Waals surface area contributed by atoms with Crippen LogP contribution in [0.3, 0.4) is 0 Å². The number of ether oxygens (including phenoxy) is 1. The second-order valence-corrected chi connectivity index (χ2v) is 7.68. The summed E-state index contributed by atoms with van der Waals surface area (Å²) >= 11 is 0. The van der Waals surface area contributed by atoms with Gasteiger partial charge in [0, 0.05) is 6.42 Å². The van der Waals surface area contributed by atoms with Crippen LogP contribution in [0, 0.1) is 0 Å². The summed E-state index contributed by atoms with van der Waals surface area (Å²) in [5.41, 5.74) is 2.71. The van der Waals surface area contributed by atoms with Crippen molar-refractivity contribution < 1.29 is 14.3 Å². The molecule has 0 spiro atoms. The highest BCUT2D eigenvalue weighted by molar-refractivity contribution is 5.92. The highest BCUT2D eigenvalue weighted by Crippen LogP contribution is 2.26. The molecule has 4 rings (SSSR count). The molecule has 0 radical (unpaired) electrons. The van der Waals surface area contributed by atoms with E-state index >= 15 is 0 Å². The van der Waals surface area contributed by atoms with Gasteiger partial charge in [0.15, 0.2) is 0 Å². The van der Waals surface area contributed by atoms with Gasteiger partial charge in [-0.15, -0.1) is 0 Å². The van der Waals surface area contributed by atoms with Gasteiger partial charge in [-0.1, -0.05) is 103 Å². The maximum atomic E-state index is 13.5. The van der Waals surface area contributed by atoms with Gasteiger partial charge in [-0.2, -0.15) is 0 Å². The number of nitrogens with one attached hydrogen (secondary N) is 1. The maximum absolute atomic E-state index is 13.5. The van der Waals surface area contributed by atoms with Crippen molar-refractivity contribution in [2.45, 2.75) is 18.4 Å². The van der Waals surface area contributed by atoms with E-state index < -0.39 is 17.9 Å². The van der Waals surface area contributed by atoms with Crippen molar-refractivity contribution in [2.75, 3.05) is 7.11 Å². The minimum atomic E-state index is -0.798. The van der Waals surface area contributed by atoms with Crippen LogP contribution in [0.2, 0.25) is 0 Å². The van der Waals surface area contributed by atoms with E-state index in [-0.39, 0.29) is 5.91 Å². The van der Waals surface area contributed by atoms with Crippen LogP contribution in [0.15, 0.2) is 103 Å².